The molecule has 186 valence electrons. The summed E-state index contributed by atoms with van der Waals surface area (Å²) in [6, 6.07) is 23.6. The first-order chi connectivity index (χ1) is 17.9. The number of aryl methyl sites for hydroxylation is 2. The van der Waals surface area contributed by atoms with Gasteiger partial charge < -0.3 is 10.6 Å². The third-order valence-electron chi connectivity index (χ3n) is 5.84. The molecule has 0 aliphatic heterocycles. The third kappa shape index (κ3) is 6.05. The summed E-state index contributed by atoms with van der Waals surface area (Å²) in [5, 5.41) is 21.2. The maximum atomic E-state index is 13.3. The highest BCUT2D eigenvalue weighted by molar-refractivity contribution is 6.30. The second-order valence-electron chi connectivity index (χ2n) is 8.67. The van der Waals surface area contributed by atoms with Gasteiger partial charge in [0.2, 0.25) is 5.78 Å². The minimum absolute atomic E-state index is 0.0662. The average molecular weight is 512 g/mol. The van der Waals surface area contributed by atoms with E-state index in [1.165, 1.54) is 0 Å². The quantitative estimate of drug-likeness (QED) is 0.229. The highest BCUT2D eigenvalue weighted by atomic mass is 35.5. The summed E-state index contributed by atoms with van der Waals surface area (Å²) < 4.78 is 1.54. The molecule has 0 aliphatic carbocycles. The molecular formula is C29H26ClN5O2. The SMILES string of the molecule is Cc1ccc(C(=O)NCCCNc2c(C#N)c(C(=O)c3ccc(C)cc3)nn2-c2ccc(Cl)cc2)cc1. The number of ketones is 1. The molecule has 3 aromatic carbocycles. The lowest BCUT2D eigenvalue weighted by molar-refractivity contribution is 0.0952. The number of rotatable bonds is 9. The number of aromatic nitrogens is 2. The fourth-order valence-electron chi connectivity index (χ4n) is 3.76. The Morgan fingerprint density at radius 3 is 2.08 bits per heavy atom. The molecule has 4 aromatic rings. The number of benzene rings is 3. The first-order valence-electron chi connectivity index (χ1n) is 11.9. The van der Waals surface area contributed by atoms with Gasteiger partial charge in [0, 0.05) is 29.2 Å². The van der Waals surface area contributed by atoms with Crippen molar-refractivity contribution in [2.75, 3.05) is 18.4 Å². The van der Waals surface area contributed by atoms with Gasteiger partial charge in [0.15, 0.2) is 5.69 Å². The lowest BCUT2D eigenvalue weighted by atomic mass is 10.0. The summed E-state index contributed by atoms with van der Waals surface area (Å²) in [5.74, 6) is -0.0716. The van der Waals surface area contributed by atoms with Crippen molar-refractivity contribution in [1.82, 2.24) is 15.1 Å². The van der Waals surface area contributed by atoms with Crippen LogP contribution in [0, 0.1) is 25.2 Å². The second kappa shape index (κ2) is 11.5. The molecule has 1 heterocycles. The molecule has 0 aliphatic rings. The van der Waals surface area contributed by atoms with Crippen LogP contribution in [-0.2, 0) is 0 Å². The van der Waals surface area contributed by atoms with E-state index < -0.39 is 0 Å². The van der Waals surface area contributed by atoms with Crippen LogP contribution in [-0.4, -0.2) is 34.6 Å². The van der Waals surface area contributed by atoms with E-state index in [2.05, 4.69) is 21.8 Å². The highest BCUT2D eigenvalue weighted by Gasteiger charge is 2.25. The van der Waals surface area contributed by atoms with Gasteiger partial charge in [0.05, 0.1) is 5.69 Å². The molecule has 37 heavy (non-hydrogen) atoms. The number of halogens is 1. The molecule has 7 nitrogen and oxygen atoms in total. The minimum Gasteiger partial charge on any atom is -0.369 e. The van der Waals surface area contributed by atoms with Crippen LogP contribution < -0.4 is 10.6 Å². The molecule has 0 unspecified atom stereocenters. The van der Waals surface area contributed by atoms with Gasteiger partial charge in [-0.25, -0.2) is 4.68 Å². The van der Waals surface area contributed by atoms with Crippen LogP contribution in [0.5, 0.6) is 0 Å². The second-order valence-corrected chi connectivity index (χ2v) is 9.11. The standard InChI is InChI=1S/C29H26ClN5O2/c1-19-4-8-21(9-5-19)27(36)26-25(18-31)28(35(34-26)24-14-12-23(30)13-15-24)32-16-3-17-33-29(37)22-10-6-20(2)7-11-22/h4-15,32H,3,16-17H2,1-2H3,(H,33,37). The Balaban J connectivity index is 1.53. The fraction of sp³-hybridized carbons (Fsp3) is 0.172. The molecule has 2 N–H and O–H groups in total. The van der Waals surface area contributed by atoms with Crippen LogP contribution >= 0.6 is 11.6 Å². The summed E-state index contributed by atoms with van der Waals surface area (Å²) in [6.45, 7) is 4.79. The number of anilines is 1. The molecule has 0 saturated heterocycles. The van der Waals surface area contributed by atoms with Gasteiger partial charge in [0.25, 0.3) is 5.91 Å². The van der Waals surface area contributed by atoms with Gasteiger partial charge in [-0.1, -0.05) is 59.1 Å². The number of hydrogen-bond acceptors (Lipinski definition) is 5. The van der Waals surface area contributed by atoms with Crippen molar-refractivity contribution in [3.05, 3.63) is 111 Å². The van der Waals surface area contributed by atoms with Gasteiger partial charge in [-0.15, -0.1) is 0 Å². The normalized spacial score (nSPS) is 10.5. The third-order valence-corrected chi connectivity index (χ3v) is 6.09. The number of carbonyl (C=O) groups excluding carboxylic acids is 2. The molecule has 1 amide bonds. The summed E-state index contributed by atoms with van der Waals surface area (Å²) in [7, 11) is 0. The van der Waals surface area contributed by atoms with Crippen LogP contribution in [0.1, 0.15) is 49.5 Å². The van der Waals surface area contributed by atoms with Crippen molar-refractivity contribution < 1.29 is 9.59 Å². The van der Waals surface area contributed by atoms with Crippen molar-refractivity contribution in [3.63, 3.8) is 0 Å². The fourth-order valence-corrected chi connectivity index (χ4v) is 3.89. The van der Waals surface area contributed by atoms with Gasteiger partial charge in [-0.05, 0) is 56.7 Å². The lowest BCUT2D eigenvalue weighted by Gasteiger charge is -2.11. The number of nitrogens with one attached hydrogen (secondary N) is 2. The van der Waals surface area contributed by atoms with E-state index in [0.717, 1.165) is 11.1 Å². The van der Waals surface area contributed by atoms with Gasteiger partial charge in [-0.2, -0.15) is 10.4 Å². The Bertz CT molecular complexity index is 1450. The molecule has 0 atom stereocenters. The zero-order valence-electron chi connectivity index (χ0n) is 20.6. The molecule has 4 rings (SSSR count). The Labute approximate surface area is 220 Å². The van der Waals surface area contributed by atoms with E-state index in [0.29, 0.717) is 47.2 Å². The van der Waals surface area contributed by atoms with Crippen LogP contribution in [0.2, 0.25) is 5.02 Å². The van der Waals surface area contributed by atoms with Crippen LogP contribution in [0.4, 0.5) is 5.82 Å². The van der Waals surface area contributed by atoms with Crippen molar-refractivity contribution in [1.29, 1.82) is 5.26 Å². The van der Waals surface area contributed by atoms with Gasteiger partial charge in [0.1, 0.15) is 17.5 Å². The van der Waals surface area contributed by atoms with E-state index >= 15 is 0 Å². The van der Waals surface area contributed by atoms with Crippen molar-refractivity contribution in [2.45, 2.75) is 20.3 Å². The van der Waals surface area contributed by atoms with Crippen molar-refractivity contribution in [3.8, 4) is 11.8 Å². The molecule has 0 fully saturated rings. The minimum atomic E-state index is -0.335. The maximum Gasteiger partial charge on any atom is 0.251 e. The lowest BCUT2D eigenvalue weighted by Crippen LogP contribution is -2.26. The highest BCUT2D eigenvalue weighted by Crippen LogP contribution is 2.26. The number of nitrogens with zero attached hydrogens (tertiary/aromatic N) is 3. The first-order valence-corrected chi connectivity index (χ1v) is 12.2. The van der Waals surface area contributed by atoms with E-state index in [1.54, 1.807) is 53.2 Å². The predicted octanol–water partition coefficient (Wildman–Crippen LogP) is 5.48. The topological polar surface area (TPSA) is 99.8 Å². The molecule has 0 saturated carbocycles. The predicted molar refractivity (Wildman–Crippen MR) is 145 cm³/mol. The van der Waals surface area contributed by atoms with Crippen LogP contribution in [0.25, 0.3) is 5.69 Å². The number of amides is 1. The zero-order chi connectivity index (χ0) is 26.4. The first kappa shape index (κ1) is 25.7. The zero-order valence-corrected chi connectivity index (χ0v) is 21.3. The Hall–Kier alpha value is -4.41. The molecule has 0 bridgehead atoms. The molecule has 0 radical (unpaired) electrons. The number of hydrogen-bond donors (Lipinski definition) is 2. The molecule has 8 heteroatoms. The molecule has 0 spiro atoms. The van der Waals surface area contributed by atoms with Crippen molar-refractivity contribution in [2.24, 2.45) is 0 Å². The van der Waals surface area contributed by atoms with Gasteiger partial charge >= 0.3 is 0 Å². The number of nitriles is 1. The van der Waals surface area contributed by atoms with E-state index in [4.69, 9.17) is 11.6 Å². The van der Waals surface area contributed by atoms with Gasteiger partial charge in [-0.3, -0.25) is 9.59 Å². The average Bonchev–Trinajstić information content (AvgIpc) is 3.27. The smallest absolute Gasteiger partial charge is 0.251 e. The molecular weight excluding hydrogens is 486 g/mol. The Morgan fingerprint density at radius 1 is 0.892 bits per heavy atom. The Morgan fingerprint density at radius 2 is 1.49 bits per heavy atom. The van der Waals surface area contributed by atoms with E-state index in [1.807, 2.05) is 38.1 Å². The van der Waals surface area contributed by atoms with Crippen molar-refractivity contribution >= 4 is 29.1 Å². The van der Waals surface area contributed by atoms with E-state index in [-0.39, 0.29) is 22.9 Å². The molecule has 1 aromatic heterocycles. The maximum absolute atomic E-state index is 13.3. The number of carbonyl (C=O) groups is 2. The largest absolute Gasteiger partial charge is 0.369 e. The van der Waals surface area contributed by atoms with Crippen LogP contribution in [0.15, 0.2) is 72.8 Å². The monoisotopic (exact) mass is 511 g/mol. The van der Waals surface area contributed by atoms with E-state index in [9.17, 15) is 14.9 Å². The summed E-state index contributed by atoms with van der Waals surface area (Å²) in [4.78, 5) is 25.6. The summed E-state index contributed by atoms with van der Waals surface area (Å²) >= 11 is 6.06. The Kier molecular flexibility index (Phi) is 8.02. The van der Waals surface area contributed by atoms with Crippen LogP contribution in [0.3, 0.4) is 0 Å². The summed E-state index contributed by atoms with van der Waals surface area (Å²) in [5.41, 5.74) is 4.05. The summed E-state index contributed by atoms with van der Waals surface area (Å²) in [6.07, 6.45) is 0.593.